The Morgan fingerprint density at radius 1 is 0.560 bits per heavy atom. The zero-order chi connectivity index (χ0) is 17.1. The molecular weight excluding hydrogens is 330 g/mol. The fraction of sp³-hybridized carbons (Fsp3) is 0. The van der Waals surface area contributed by atoms with Crippen molar-refractivity contribution in [1.82, 2.24) is 15.0 Å². The van der Waals surface area contributed by atoms with Crippen molar-refractivity contribution in [3.63, 3.8) is 0 Å². The Morgan fingerprint density at radius 3 is 1.60 bits per heavy atom. The maximum atomic E-state index is 5.95. The zero-order valence-corrected chi connectivity index (χ0v) is 14.1. The summed E-state index contributed by atoms with van der Waals surface area (Å²) in [6, 6.07) is 26.8. The summed E-state index contributed by atoms with van der Waals surface area (Å²) in [5, 5.41) is 0.191. The van der Waals surface area contributed by atoms with E-state index in [4.69, 9.17) is 11.6 Å². The fourth-order valence-corrected chi connectivity index (χ4v) is 2.89. The molecule has 0 aliphatic carbocycles. The highest BCUT2D eigenvalue weighted by molar-refractivity contribution is 6.28. The normalized spacial score (nSPS) is 10.6. The van der Waals surface area contributed by atoms with Crippen molar-refractivity contribution in [2.24, 2.45) is 0 Å². The van der Waals surface area contributed by atoms with Gasteiger partial charge < -0.3 is 0 Å². The van der Waals surface area contributed by atoms with Crippen LogP contribution in [0.1, 0.15) is 0 Å². The summed E-state index contributed by atoms with van der Waals surface area (Å²) >= 11 is 5.95. The highest BCUT2D eigenvalue weighted by Gasteiger charge is 2.09. The van der Waals surface area contributed by atoms with Crippen molar-refractivity contribution >= 4 is 11.6 Å². The Kier molecular flexibility index (Phi) is 4.23. The number of hydrogen-bond donors (Lipinski definition) is 0. The molecule has 0 saturated carbocycles. The number of aromatic nitrogens is 3. The predicted octanol–water partition coefficient (Wildman–Crippen LogP) is 5.53. The topological polar surface area (TPSA) is 38.7 Å². The molecule has 0 unspecified atom stereocenters. The molecule has 0 amide bonds. The van der Waals surface area contributed by atoms with Gasteiger partial charge in [0.1, 0.15) is 6.33 Å². The molecule has 120 valence electrons. The summed E-state index contributed by atoms with van der Waals surface area (Å²) in [5.74, 6) is 0.565. The van der Waals surface area contributed by atoms with Gasteiger partial charge in [-0.15, -0.1) is 0 Å². The lowest BCUT2D eigenvalue weighted by molar-refractivity contribution is 1.06. The minimum Gasteiger partial charge on any atom is -0.216 e. The molecule has 4 rings (SSSR count). The summed E-state index contributed by atoms with van der Waals surface area (Å²) in [4.78, 5) is 12.4. The lowest BCUT2D eigenvalue weighted by atomic mass is 9.96. The van der Waals surface area contributed by atoms with Crippen LogP contribution in [0, 0.1) is 0 Å². The summed E-state index contributed by atoms with van der Waals surface area (Å²) in [7, 11) is 0. The van der Waals surface area contributed by atoms with Gasteiger partial charge in [0.25, 0.3) is 0 Å². The fourth-order valence-electron chi connectivity index (χ4n) is 2.77. The van der Waals surface area contributed by atoms with Gasteiger partial charge in [-0.2, -0.15) is 4.98 Å². The second-order valence-corrected chi connectivity index (χ2v) is 5.95. The van der Waals surface area contributed by atoms with Gasteiger partial charge in [0.05, 0.1) is 0 Å². The van der Waals surface area contributed by atoms with Gasteiger partial charge in [-0.05, 0) is 52.1 Å². The van der Waals surface area contributed by atoms with E-state index in [-0.39, 0.29) is 5.28 Å². The maximum absolute atomic E-state index is 5.95. The molecule has 0 saturated heterocycles. The quantitative estimate of drug-likeness (QED) is 0.491. The van der Waals surface area contributed by atoms with Gasteiger partial charge in [-0.25, -0.2) is 9.97 Å². The average Bonchev–Trinajstić information content (AvgIpc) is 2.69. The van der Waals surface area contributed by atoms with E-state index < -0.39 is 0 Å². The molecule has 0 atom stereocenters. The van der Waals surface area contributed by atoms with Gasteiger partial charge >= 0.3 is 0 Å². The minimum atomic E-state index is 0.191. The van der Waals surface area contributed by atoms with E-state index in [0.29, 0.717) is 5.82 Å². The van der Waals surface area contributed by atoms with E-state index in [0.717, 1.165) is 27.8 Å². The number of rotatable bonds is 3. The van der Waals surface area contributed by atoms with Crippen LogP contribution in [0.4, 0.5) is 0 Å². The molecule has 25 heavy (non-hydrogen) atoms. The first-order valence-corrected chi connectivity index (χ1v) is 8.28. The van der Waals surface area contributed by atoms with E-state index in [2.05, 4.69) is 57.4 Å². The van der Waals surface area contributed by atoms with Crippen LogP contribution in [-0.4, -0.2) is 15.0 Å². The highest BCUT2D eigenvalue weighted by Crippen LogP contribution is 2.31. The SMILES string of the molecule is Clc1ncnc(-c2cc(-c3ccccc3)cc(-c3ccccc3)c2)n1. The van der Waals surface area contributed by atoms with E-state index in [9.17, 15) is 0 Å². The molecule has 4 heteroatoms. The summed E-state index contributed by atoms with van der Waals surface area (Å²) in [5.41, 5.74) is 5.40. The first-order chi connectivity index (χ1) is 12.3. The molecule has 0 aliphatic heterocycles. The molecule has 0 N–H and O–H groups in total. The third-order valence-corrected chi connectivity index (χ3v) is 4.13. The van der Waals surface area contributed by atoms with Gasteiger partial charge in [0.2, 0.25) is 5.28 Å². The lowest BCUT2D eigenvalue weighted by Gasteiger charge is -2.10. The van der Waals surface area contributed by atoms with Gasteiger partial charge in [0, 0.05) is 5.56 Å². The molecular formula is C21H14ClN3. The molecule has 1 heterocycles. The summed E-state index contributed by atoms with van der Waals surface area (Å²) < 4.78 is 0. The third kappa shape index (κ3) is 3.42. The Balaban J connectivity index is 1.92. The summed E-state index contributed by atoms with van der Waals surface area (Å²) in [6.07, 6.45) is 1.43. The van der Waals surface area contributed by atoms with Crippen LogP contribution in [-0.2, 0) is 0 Å². The molecule has 0 spiro atoms. The largest absolute Gasteiger partial charge is 0.225 e. The average molecular weight is 344 g/mol. The molecule has 4 aromatic rings. The number of hydrogen-bond acceptors (Lipinski definition) is 3. The molecule has 0 fully saturated rings. The van der Waals surface area contributed by atoms with Crippen molar-refractivity contribution < 1.29 is 0 Å². The monoisotopic (exact) mass is 343 g/mol. The molecule has 0 aliphatic rings. The minimum absolute atomic E-state index is 0.191. The first kappa shape index (κ1) is 15.5. The van der Waals surface area contributed by atoms with Crippen molar-refractivity contribution in [3.05, 3.63) is 90.5 Å². The highest BCUT2D eigenvalue weighted by atomic mass is 35.5. The smallest absolute Gasteiger partial charge is 0.216 e. The lowest BCUT2D eigenvalue weighted by Crippen LogP contribution is -1.93. The molecule has 3 nitrogen and oxygen atoms in total. The van der Waals surface area contributed by atoms with Crippen LogP contribution in [0.3, 0.4) is 0 Å². The van der Waals surface area contributed by atoms with Gasteiger partial charge in [-0.3, -0.25) is 0 Å². The number of benzene rings is 3. The van der Waals surface area contributed by atoms with E-state index in [1.807, 2.05) is 36.4 Å². The van der Waals surface area contributed by atoms with Crippen LogP contribution in [0.25, 0.3) is 33.6 Å². The zero-order valence-electron chi connectivity index (χ0n) is 13.3. The molecule has 1 aromatic heterocycles. The number of halogens is 1. The molecule has 0 radical (unpaired) electrons. The van der Waals surface area contributed by atoms with Crippen LogP contribution < -0.4 is 0 Å². The Hall–Kier alpha value is -3.04. The summed E-state index contributed by atoms with van der Waals surface area (Å²) in [6.45, 7) is 0. The standard InChI is InChI=1S/C21H14ClN3/c22-21-24-14-23-20(25-21)19-12-17(15-7-3-1-4-8-15)11-18(13-19)16-9-5-2-6-10-16/h1-14H. The van der Waals surface area contributed by atoms with E-state index in [1.54, 1.807) is 0 Å². The van der Waals surface area contributed by atoms with Gasteiger partial charge in [0.15, 0.2) is 5.82 Å². The molecule has 3 aromatic carbocycles. The Labute approximate surface area is 151 Å². The van der Waals surface area contributed by atoms with E-state index in [1.165, 1.54) is 6.33 Å². The van der Waals surface area contributed by atoms with Crippen molar-refractivity contribution in [3.8, 4) is 33.6 Å². The molecule has 0 bridgehead atoms. The number of nitrogens with zero attached hydrogens (tertiary/aromatic N) is 3. The Bertz CT molecular complexity index is 944. The van der Waals surface area contributed by atoms with Crippen molar-refractivity contribution in [2.75, 3.05) is 0 Å². The Morgan fingerprint density at radius 2 is 1.08 bits per heavy atom. The second kappa shape index (κ2) is 6.83. The van der Waals surface area contributed by atoms with Crippen LogP contribution in [0.5, 0.6) is 0 Å². The van der Waals surface area contributed by atoms with Crippen molar-refractivity contribution in [1.29, 1.82) is 0 Å². The van der Waals surface area contributed by atoms with Crippen LogP contribution in [0.15, 0.2) is 85.2 Å². The third-order valence-electron chi connectivity index (χ3n) is 3.95. The van der Waals surface area contributed by atoms with Crippen molar-refractivity contribution in [2.45, 2.75) is 0 Å². The van der Waals surface area contributed by atoms with E-state index >= 15 is 0 Å². The van der Waals surface area contributed by atoms with Crippen LogP contribution >= 0.6 is 11.6 Å². The maximum Gasteiger partial charge on any atom is 0.225 e. The second-order valence-electron chi connectivity index (χ2n) is 5.61. The predicted molar refractivity (Wildman–Crippen MR) is 101 cm³/mol. The first-order valence-electron chi connectivity index (χ1n) is 7.90. The van der Waals surface area contributed by atoms with Crippen LogP contribution in [0.2, 0.25) is 5.28 Å². The van der Waals surface area contributed by atoms with Gasteiger partial charge in [-0.1, -0.05) is 60.7 Å².